The van der Waals surface area contributed by atoms with Crippen LogP contribution in [0, 0.1) is 12.8 Å². The van der Waals surface area contributed by atoms with Crippen LogP contribution in [0.25, 0.3) is 0 Å². The molecule has 0 aliphatic carbocycles. The van der Waals surface area contributed by atoms with Gasteiger partial charge < -0.3 is 15.0 Å². The van der Waals surface area contributed by atoms with Crippen LogP contribution in [0.5, 0.6) is 0 Å². The highest BCUT2D eigenvalue weighted by Crippen LogP contribution is 2.28. The van der Waals surface area contributed by atoms with E-state index in [2.05, 4.69) is 21.2 Å². The number of carbonyl (C=O) groups is 3. The molecule has 1 fully saturated rings. The lowest BCUT2D eigenvalue weighted by molar-refractivity contribution is -0.151. The summed E-state index contributed by atoms with van der Waals surface area (Å²) >= 11 is 9.25. The van der Waals surface area contributed by atoms with E-state index in [0.29, 0.717) is 15.2 Å². The first-order chi connectivity index (χ1) is 13.3. The van der Waals surface area contributed by atoms with Gasteiger partial charge in [-0.05, 0) is 52.7 Å². The number of benzene rings is 2. The number of carbonyl (C=O) groups excluding carboxylic acids is 3. The molecule has 6 nitrogen and oxygen atoms in total. The van der Waals surface area contributed by atoms with Crippen LogP contribution in [0.1, 0.15) is 12.0 Å². The summed E-state index contributed by atoms with van der Waals surface area (Å²) in [6.07, 6.45) is 0.0666. The highest BCUT2D eigenvalue weighted by atomic mass is 79.9. The number of esters is 1. The molecule has 0 radical (unpaired) electrons. The predicted octanol–water partition coefficient (Wildman–Crippen LogP) is 3.95. The van der Waals surface area contributed by atoms with Crippen LogP contribution in [0.15, 0.2) is 46.9 Å². The summed E-state index contributed by atoms with van der Waals surface area (Å²) in [5.41, 5.74) is 2.24. The third-order valence-corrected chi connectivity index (χ3v) is 5.65. The second-order valence-corrected chi connectivity index (χ2v) is 7.74. The summed E-state index contributed by atoms with van der Waals surface area (Å²) in [4.78, 5) is 38.2. The van der Waals surface area contributed by atoms with Gasteiger partial charge in [-0.25, -0.2) is 0 Å². The Morgan fingerprint density at radius 3 is 2.75 bits per heavy atom. The van der Waals surface area contributed by atoms with E-state index in [9.17, 15) is 14.4 Å². The average Bonchev–Trinajstić information content (AvgIpc) is 3.05. The minimum atomic E-state index is -0.595. The maximum absolute atomic E-state index is 12.3. The van der Waals surface area contributed by atoms with Gasteiger partial charge in [0.2, 0.25) is 5.91 Å². The summed E-state index contributed by atoms with van der Waals surface area (Å²) < 4.78 is 5.82. The van der Waals surface area contributed by atoms with Crippen molar-refractivity contribution in [2.24, 2.45) is 5.92 Å². The molecule has 28 heavy (non-hydrogen) atoms. The van der Waals surface area contributed by atoms with Crippen LogP contribution < -0.4 is 10.2 Å². The summed E-state index contributed by atoms with van der Waals surface area (Å²) in [6.45, 7) is 1.72. The number of para-hydroxylation sites is 1. The van der Waals surface area contributed by atoms with Crippen molar-refractivity contribution in [1.29, 1.82) is 0 Å². The molecule has 0 bridgehead atoms. The molecule has 2 amide bonds. The van der Waals surface area contributed by atoms with Crippen molar-refractivity contribution < 1.29 is 19.1 Å². The van der Waals surface area contributed by atoms with Crippen molar-refractivity contribution >= 4 is 56.7 Å². The number of ether oxygens (including phenoxy) is 1. The zero-order chi connectivity index (χ0) is 20.3. The van der Waals surface area contributed by atoms with Gasteiger partial charge in [0.25, 0.3) is 5.91 Å². The minimum Gasteiger partial charge on any atom is -0.455 e. The minimum absolute atomic E-state index is 0.0666. The number of anilines is 2. The quantitative estimate of drug-likeness (QED) is 0.679. The van der Waals surface area contributed by atoms with Crippen LogP contribution in [0.3, 0.4) is 0 Å². The molecule has 146 valence electrons. The van der Waals surface area contributed by atoms with Gasteiger partial charge in [-0.1, -0.05) is 29.8 Å². The molecule has 0 aromatic heterocycles. The maximum atomic E-state index is 12.3. The zero-order valence-electron chi connectivity index (χ0n) is 15.1. The molecule has 1 aliphatic rings. The molecular weight excluding hydrogens is 448 g/mol. The fraction of sp³-hybridized carbons (Fsp3) is 0.250. The third-order valence-electron chi connectivity index (χ3n) is 4.41. The van der Waals surface area contributed by atoms with Crippen molar-refractivity contribution in [1.82, 2.24) is 0 Å². The molecule has 2 aromatic rings. The molecule has 0 unspecified atom stereocenters. The van der Waals surface area contributed by atoms with Crippen molar-refractivity contribution in [3.8, 4) is 0 Å². The summed E-state index contributed by atoms with van der Waals surface area (Å²) in [5, 5.41) is 3.06. The molecule has 1 aliphatic heterocycles. The first-order valence-electron chi connectivity index (χ1n) is 8.62. The third kappa shape index (κ3) is 4.72. The Kier molecular flexibility index (Phi) is 6.36. The molecular formula is C20H18BrClN2O4. The molecule has 1 atom stereocenters. The fourth-order valence-electron chi connectivity index (χ4n) is 2.99. The molecule has 0 spiro atoms. The molecule has 1 saturated heterocycles. The summed E-state index contributed by atoms with van der Waals surface area (Å²) in [6, 6.07) is 12.5. The van der Waals surface area contributed by atoms with Gasteiger partial charge in [0.05, 0.1) is 10.9 Å². The van der Waals surface area contributed by atoms with E-state index in [1.165, 1.54) is 0 Å². The van der Waals surface area contributed by atoms with E-state index >= 15 is 0 Å². The number of hydrogen-bond acceptors (Lipinski definition) is 4. The maximum Gasteiger partial charge on any atom is 0.311 e. The second-order valence-electron chi connectivity index (χ2n) is 6.48. The van der Waals surface area contributed by atoms with Gasteiger partial charge in [-0.2, -0.15) is 0 Å². The summed E-state index contributed by atoms with van der Waals surface area (Å²) in [7, 11) is 0. The van der Waals surface area contributed by atoms with Crippen LogP contribution in [-0.4, -0.2) is 30.9 Å². The lowest BCUT2D eigenvalue weighted by Crippen LogP contribution is -2.28. The molecule has 2 aromatic carbocycles. The molecule has 0 saturated carbocycles. The largest absolute Gasteiger partial charge is 0.455 e. The fourth-order valence-corrected chi connectivity index (χ4v) is 3.42. The van der Waals surface area contributed by atoms with E-state index in [4.69, 9.17) is 16.3 Å². The molecule has 3 rings (SSSR count). The van der Waals surface area contributed by atoms with Crippen LogP contribution in [0.2, 0.25) is 5.02 Å². The Balaban J connectivity index is 1.54. The van der Waals surface area contributed by atoms with Crippen molar-refractivity contribution in [2.75, 3.05) is 23.4 Å². The van der Waals surface area contributed by atoms with Gasteiger partial charge in [0, 0.05) is 28.8 Å². The van der Waals surface area contributed by atoms with E-state index in [-0.39, 0.29) is 18.9 Å². The Morgan fingerprint density at radius 1 is 1.29 bits per heavy atom. The average molecular weight is 466 g/mol. The smallest absolute Gasteiger partial charge is 0.311 e. The lowest BCUT2D eigenvalue weighted by atomic mass is 10.1. The zero-order valence-corrected chi connectivity index (χ0v) is 17.4. The van der Waals surface area contributed by atoms with Crippen LogP contribution in [-0.2, 0) is 19.1 Å². The number of halogens is 2. The van der Waals surface area contributed by atoms with Crippen molar-refractivity contribution in [2.45, 2.75) is 13.3 Å². The van der Waals surface area contributed by atoms with Crippen LogP contribution in [0.4, 0.5) is 11.4 Å². The molecule has 1 N–H and O–H groups in total. The monoisotopic (exact) mass is 464 g/mol. The highest BCUT2D eigenvalue weighted by molar-refractivity contribution is 9.10. The van der Waals surface area contributed by atoms with Crippen LogP contribution >= 0.6 is 27.5 Å². The Bertz CT molecular complexity index is 934. The number of amides is 2. The van der Waals surface area contributed by atoms with Gasteiger partial charge in [-0.3, -0.25) is 14.4 Å². The van der Waals surface area contributed by atoms with Gasteiger partial charge in [0.15, 0.2) is 6.61 Å². The Labute approximate surface area is 175 Å². The van der Waals surface area contributed by atoms with E-state index in [1.54, 1.807) is 23.1 Å². The second kappa shape index (κ2) is 8.75. The number of nitrogens with zero attached hydrogens (tertiary/aromatic N) is 1. The topological polar surface area (TPSA) is 75.7 Å². The Hall–Kier alpha value is -2.38. The molecule has 8 heteroatoms. The van der Waals surface area contributed by atoms with Crippen molar-refractivity contribution in [3.05, 3.63) is 57.5 Å². The molecule has 1 heterocycles. The normalized spacial score (nSPS) is 16.2. The number of hydrogen-bond donors (Lipinski definition) is 1. The standard InChI is InChI=1S/C20H18BrClN2O4/c1-12-4-2-3-5-17(12)24-10-13(8-19(24)26)20(27)28-11-18(25)23-14-6-7-15(21)16(22)9-14/h2-7,9,13H,8,10-11H2,1H3,(H,23,25)/t13-/m1/s1. The highest BCUT2D eigenvalue weighted by Gasteiger charge is 2.36. The number of rotatable bonds is 5. The van der Waals surface area contributed by atoms with Gasteiger partial charge in [0.1, 0.15) is 0 Å². The SMILES string of the molecule is Cc1ccccc1N1C[C@H](C(=O)OCC(=O)Nc2ccc(Br)c(Cl)c2)CC1=O. The van der Waals surface area contributed by atoms with E-state index < -0.39 is 24.4 Å². The number of nitrogens with one attached hydrogen (secondary N) is 1. The first-order valence-corrected chi connectivity index (χ1v) is 9.80. The van der Waals surface area contributed by atoms with E-state index in [0.717, 1.165) is 11.3 Å². The van der Waals surface area contributed by atoms with Gasteiger partial charge >= 0.3 is 5.97 Å². The Morgan fingerprint density at radius 2 is 2.04 bits per heavy atom. The van der Waals surface area contributed by atoms with Crippen molar-refractivity contribution in [3.63, 3.8) is 0 Å². The number of aryl methyl sites for hydroxylation is 1. The first kappa shape index (κ1) is 20.4. The van der Waals surface area contributed by atoms with Gasteiger partial charge in [-0.15, -0.1) is 0 Å². The predicted molar refractivity (Wildman–Crippen MR) is 110 cm³/mol. The summed E-state index contributed by atoms with van der Waals surface area (Å²) in [5.74, 6) is -1.77. The van der Waals surface area contributed by atoms with E-state index in [1.807, 2.05) is 31.2 Å². The lowest BCUT2D eigenvalue weighted by Gasteiger charge is -2.18.